The summed E-state index contributed by atoms with van der Waals surface area (Å²) in [6.07, 6.45) is 1.80. The first kappa shape index (κ1) is 22.6. The predicted molar refractivity (Wildman–Crippen MR) is 125 cm³/mol. The van der Waals surface area contributed by atoms with Gasteiger partial charge in [0.25, 0.3) is 0 Å². The van der Waals surface area contributed by atoms with Crippen LogP contribution in [-0.4, -0.2) is 45.5 Å². The highest BCUT2D eigenvalue weighted by Crippen LogP contribution is 2.26. The summed E-state index contributed by atoms with van der Waals surface area (Å²) < 4.78 is 7.19. The number of aryl methyl sites for hydroxylation is 2. The Bertz CT molecular complexity index is 1060. The largest absolute Gasteiger partial charge is 0.497 e. The van der Waals surface area contributed by atoms with Crippen molar-refractivity contribution in [2.75, 3.05) is 19.9 Å². The molecule has 0 aliphatic heterocycles. The lowest BCUT2D eigenvalue weighted by atomic mass is 10.1. The van der Waals surface area contributed by atoms with Gasteiger partial charge in [-0.1, -0.05) is 41.6 Å². The van der Waals surface area contributed by atoms with Crippen LogP contribution < -0.4 is 4.74 Å². The number of carbonyl (C=O) groups is 1. The van der Waals surface area contributed by atoms with Crippen LogP contribution in [0.1, 0.15) is 16.7 Å². The van der Waals surface area contributed by atoms with Gasteiger partial charge < -0.3 is 9.64 Å². The van der Waals surface area contributed by atoms with Crippen LogP contribution in [0.2, 0.25) is 0 Å². The van der Waals surface area contributed by atoms with E-state index in [0.717, 1.165) is 22.7 Å². The van der Waals surface area contributed by atoms with Crippen LogP contribution in [0.3, 0.4) is 0 Å². The molecule has 0 atom stereocenters. The number of amides is 1. The highest BCUT2D eigenvalue weighted by atomic mass is 32.2. The van der Waals surface area contributed by atoms with Gasteiger partial charge in [-0.25, -0.2) is 0 Å². The fourth-order valence-corrected chi connectivity index (χ4v) is 4.13. The number of allylic oxidation sites excluding steroid dienone is 1. The van der Waals surface area contributed by atoms with Crippen LogP contribution in [0.25, 0.3) is 11.4 Å². The highest BCUT2D eigenvalue weighted by molar-refractivity contribution is 7.99. The maximum absolute atomic E-state index is 12.7. The van der Waals surface area contributed by atoms with Gasteiger partial charge in [0.15, 0.2) is 11.0 Å². The van der Waals surface area contributed by atoms with Gasteiger partial charge in [0.05, 0.1) is 12.9 Å². The monoisotopic (exact) mass is 436 g/mol. The number of benzene rings is 2. The van der Waals surface area contributed by atoms with Crippen LogP contribution in [0.5, 0.6) is 5.75 Å². The third kappa shape index (κ3) is 5.55. The van der Waals surface area contributed by atoms with E-state index in [9.17, 15) is 4.79 Å². The van der Waals surface area contributed by atoms with Crippen LogP contribution in [0, 0.1) is 13.8 Å². The van der Waals surface area contributed by atoms with E-state index >= 15 is 0 Å². The van der Waals surface area contributed by atoms with Crippen molar-refractivity contribution in [3.8, 4) is 17.1 Å². The van der Waals surface area contributed by atoms with Crippen LogP contribution in [0.15, 0.2) is 60.3 Å². The van der Waals surface area contributed by atoms with Crippen LogP contribution in [0.4, 0.5) is 0 Å². The van der Waals surface area contributed by atoms with Gasteiger partial charge in [-0.15, -0.1) is 16.8 Å². The zero-order valence-electron chi connectivity index (χ0n) is 18.5. The molecule has 0 unspecified atom stereocenters. The molecule has 0 N–H and O–H groups in total. The molecule has 6 nitrogen and oxygen atoms in total. The summed E-state index contributed by atoms with van der Waals surface area (Å²) in [6, 6.07) is 14.0. The molecule has 3 aromatic rings. The molecule has 0 spiro atoms. The minimum atomic E-state index is 0.0455. The Morgan fingerprint density at radius 3 is 2.58 bits per heavy atom. The van der Waals surface area contributed by atoms with E-state index in [1.807, 2.05) is 35.9 Å². The van der Waals surface area contributed by atoms with Crippen molar-refractivity contribution < 1.29 is 9.53 Å². The summed E-state index contributed by atoms with van der Waals surface area (Å²) in [6.45, 7) is 9.14. The lowest BCUT2D eigenvalue weighted by Crippen LogP contribution is -2.28. The number of thioether (sulfide) groups is 1. The maximum Gasteiger partial charge on any atom is 0.233 e. The molecule has 2 aromatic carbocycles. The van der Waals surface area contributed by atoms with Gasteiger partial charge in [-0.3, -0.25) is 9.36 Å². The summed E-state index contributed by atoms with van der Waals surface area (Å²) in [4.78, 5) is 14.5. The number of carbonyl (C=O) groups excluding carboxylic acids is 1. The third-order valence-corrected chi connectivity index (χ3v) is 5.98. The van der Waals surface area contributed by atoms with Gasteiger partial charge in [0.1, 0.15) is 5.75 Å². The van der Waals surface area contributed by atoms with Crippen molar-refractivity contribution in [1.82, 2.24) is 19.7 Å². The van der Waals surface area contributed by atoms with Crippen molar-refractivity contribution in [2.24, 2.45) is 0 Å². The molecular weight excluding hydrogens is 408 g/mol. The smallest absolute Gasteiger partial charge is 0.233 e. The molecule has 0 fully saturated rings. The Kier molecular flexibility index (Phi) is 7.52. The third-order valence-electron chi connectivity index (χ3n) is 5.03. The standard InChI is InChI=1S/C24H28N4O2S/c1-6-13-28-23(19-9-11-21(30-5)12-10-19)25-26-24(28)31-16-22(29)27(4)15-20-8-7-17(2)14-18(20)3/h6-12,14H,1,13,15-16H2,2-5H3. The van der Waals surface area contributed by atoms with Crippen molar-refractivity contribution >= 4 is 17.7 Å². The molecule has 0 bridgehead atoms. The lowest BCUT2D eigenvalue weighted by molar-refractivity contribution is -0.127. The normalized spacial score (nSPS) is 10.7. The van der Waals surface area contributed by atoms with Crippen molar-refractivity contribution in [3.05, 3.63) is 71.8 Å². The maximum atomic E-state index is 12.7. The summed E-state index contributed by atoms with van der Waals surface area (Å²) >= 11 is 1.39. The number of hydrogen-bond donors (Lipinski definition) is 0. The topological polar surface area (TPSA) is 60.2 Å². The van der Waals surface area contributed by atoms with Gasteiger partial charge in [0.2, 0.25) is 5.91 Å². The zero-order valence-corrected chi connectivity index (χ0v) is 19.3. The predicted octanol–water partition coefficient (Wildman–Crippen LogP) is 4.51. The average Bonchev–Trinajstić information content (AvgIpc) is 3.16. The zero-order chi connectivity index (χ0) is 22.4. The second kappa shape index (κ2) is 10.3. The Hall–Kier alpha value is -3.06. The SMILES string of the molecule is C=CCn1c(SCC(=O)N(C)Cc2ccc(C)cc2C)nnc1-c1ccc(OC)cc1. The van der Waals surface area contributed by atoms with E-state index < -0.39 is 0 Å². The first-order chi connectivity index (χ1) is 14.9. The second-order valence-electron chi connectivity index (χ2n) is 7.40. The molecule has 3 rings (SSSR count). The second-order valence-corrected chi connectivity index (χ2v) is 8.34. The molecule has 162 valence electrons. The molecule has 0 saturated carbocycles. The molecular formula is C24H28N4O2S. The number of rotatable bonds is 9. The Morgan fingerprint density at radius 1 is 1.19 bits per heavy atom. The first-order valence-electron chi connectivity index (χ1n) is 10.0. The van der Waals surface area contributed by atoms with E-state index in [1.54, 1.807) is 18.1 Å². The highest BCUT2D eigenvalue weighted by Gasteiger charge is 2.17. The minimum absolute atomic E-state index is 0.0455. The van der Waals surface area contributed by atoms with E-state index in [1.165, 1.54) is 22.9 Å². The van der Waals surface area contributed by atoms with E-state index in [4.69, 9.17) is 4.74 Å². The van der Waals surface area contributed by atoms with Gasteiger partial charge in [-0.2, -0.15) is 0 Å². The Balaban J connectivity index is 1.69. The fourth-order valence-electron chi connectivity index (χ4n) is 3.25. The molecule has 7 heteroatoms. The summed E-state index contributed by atoms with van der Waals surface area (Å²) in [5, 5.41) is 9.36. The van der Waals surface area contributed by atoms with Gasteiger partial charge >= 0.3 is 0 Å². The molecule has 0 saturated heterocycles. The van der Waals surface area contributed by atoms with E-state index in [2.05, 4.69) is 48.8 Å². The van der Waals surface area contributed by atoms with Crippen molar-refractivity contribution in [3.63, 3.8) is 0 Å². The molecule has 1 aromatic heterocycles. The lowest BCUT2D eigenvalue weighted by Gasteiger charge is -2.18. The molecule has 1 heterocycles. The quantitative estimate of drug-likeness (QED) is 0.365. The Labute approximate surface area is 187 Å². The number of nitrogens with zero attached hydrogens (tertiary/aromatic N) is 4. The average molecular weight is 437 g/mol. The summed E-state index contributed by atoms with van der Waals surface area (Å²) in [5.41, 5.74) is 4.51. The molecule has 0 aliphatic rings. The van der Waals surface area contributed by atoms with Crippen molar-refractivity contribution in [2.45, 2.75) is 32.1 Å². The van der Waals surface area contributed by atoms with Gasteiger partial charge in [0, 0.05) is 25.7 Å². The fraction of sp³-hybridized carbons (Fsp3) is 0.292. The molecule has 1 amide bonds. The van der Waals surface area contributed by atoms with E-state index in [0.29, 0.717) is 24.0 Å². The summed E-state index contributed by atoms with van der Waals surface area (Å²) in [7, 11) is 3.47. The van der Waals surface area contributed by atoms with Crippen molar-refractivity contribution in [1.29, 1.82) is 0 Å². The number of aromatic nitrogens is 3. The van der Waals surface area contributed by atoms with Crippen LogP contribution >= 0.6 is 11.8 Å². The number of hydrogen-bond acceptors (Lipinski definition) is 5. The molecule has 0 aliphatic carbocycles. The van der Waals surface area contributed by atoms with Crippen LogP contribution in [-0.2, 0) is 17.9 Å². The molecule has 31 heavy (non-hydrogen) atoms. The Morgan fingerprint density at radius 2 is 1.94 bits per heavy atom. The van der Waals surface area contributed by atoms with Gasteiger partial charge in [-0.05, 0) is 49.2 Å². The minimum Gasteiger partial charge on any atom is -0.497 e. The van der Waals surface area contributed by atoms with E-state index in [-0.39, 0.29) is 5.91 Å². The first-order valence-corrected chi connectivity index (χ1v) is 11.0. The number of ether oxygens (including phenoxy) is 1. The number of methoxy groups -OCH3 is 1. The molecule has 0 radical (unpaired) electrons. The summed E-state index contributed by atoms with van der Waals surface area (Å²) in [5.74, 6) is 1.86.